The lowest BCUT2D eigenvalue weighted by molar-refractivity contribution is -0.104. The highest BCUT2D eigenvalue weighted by Gasteiger charge is 2.02. The quantitative estimate of drug-likeness (QED) is 0.509. The molecule has 0 aliphatic carbocycles. The molecule has 0 spiro atoms. The molecule has 0 unspecified atom stereocenters. The molecule has 0 heterocycles. The Balaban J connectivity index is 2.10. The fourth-order valence-electron chi connectivity index (χ4n) is 1.81. The summed E-state index contributed by atoms with van der Waals surface area (Å²) in [6.45, 7) is 0. The predicted octanol–water partition coefficient (Wildman–Crippen LogP) is 5.40. The van der Waals surface area contributed by atoms with Crippen LogP contribution >= 0.6 is 35.0 Å². The van der Waals surface area contributed by atoms with Crippen LogP contribution in [-0.4, -0.2) is 12.6 Å². The van der Waals surface area contributed by atoms with E-state index < -0.39 is 0 Å². The van der Waals surface area contributed by atoms with Crippen molar-refractivity contribution in [2.75, 3.05) is 0 Å². The van der Waals surface area contributed by atoms with Crippen LogP contribution in [0.15, 0.2) is 70.5 Å². The summed E-state index contributed by atoms with van der Waals surface area (Å²) in [4.78, 5) is 22.9. The highest BCUT2D eigenvalue weighted by atomic mass is 35.5. The van der Waals surface area contributed by atoms with Crippen LogP contribution in [0.3, 0.4) is 0 Å². The van der Waals surface area contributed by atoms with Gasteiger partial charge in [0.15, 0.2) is 0 Å². The first-order valence-electron chi connectivity index (χ1n) is 6.64. The first-order valence-corrected chi connectivity index (χ1v) is 8.22. The molecule has 0 saturated carbocycles. The molecule has 0 saturated heterocycles. The molecule has 0 amide bonds. The van der Waals surface area contributed by atoms with Gasteiger partial charge in [0.05, 0.1) is 10.1 Å². The average molecular weight is 363 g/mol. The molecule has 23 heavy (non-hydrogen) atoms. The van der Waals surface area contributed by atoms with Gasteiger partial charge in [0, 0.05) is 9.79 Å². The molecule has 0 radical (unpaired) electrons. The molecule has 0 aliphatic heterocycles. The third-order valence-corrected chi connectivity index (χ3v) is 4.63. The molecule has 0 fully saturated rings. The molecule has 2 nitrogen and oxygen atoms in total. The maximum Gasteiger partial charge on any atom is 0.144 e. The van der Waals surface area contributed by atoms with E-state index in [-0.39, 0.29) is 0 Å². The number of benzene rings is 2. The number of rotatable bonds is 6. The lowest BCUT2D eigenvalue weighted by atomic mass is 10.2. The van der Waals surface area contributed by atoms with Crippen LogP contribution in [0, 0.1) is 0 Å². The lowest BCUT2D eigenvalue weighted by Crippen LogP contribution is -1.81. The van der Waals surface area contributed by atoms with E-state index >= 15 is 0 Å². The fraction of sp³-hybridized carbons (Fsp3) is 0. The van der Waals surface area contributed by atoms with Crippen molar-refractivity contribution in [3.05, 3.63) is 71.8 Å². The zero-order chi connectivity index (χ0) is 16.7. The van der Waals surface area contributed by atoms with Gasteiger partial charge in [-0.2, -0.15) is 0 Å². The van der Waals surface area contributed by atoms with Crippen molar-refractivity contribution in [3.8, 4) is 0 Å². The van der Waals surface area contributed by atoms with E-state index in [0.29, 0.717) is 22.6 Å². The van der Waals surface area contributed by atoms with Crippen molar-refractivity contribution in [2.45, 2.75) is 9.79 Å². The van der Waals surface area contributed by atoms with E-state index in [1.54, 1.807) is 11.8 Å². The van der Waals surface area contributed by atoms with Crippen LogP contribution in [0.1, 0.15) is 11.1 Å². The molecular formula is C18H12Cl2O2S. The number of aldehydes is 2. The second-order valence-electron chi connectivity index (χ2n) is 4.45. The molecule has 2 rings (SSSR count). The molecule has 5 heteroatoms. The molecule has 0 bridgehead atoms. The summed E-state index contributed by atoms with van der Waals surface area (Å²) >= 11 is 13.5. The minimum Gasteiger partial charge on any atom is -0.299 e. The number of carbonyl (C=O) groups is 2. The second kappa shape index (κ2) is 8.73. The molecule has 0 N–H and O–H groups in total. The van der Waals surface area contributed by atoms with E-state index in [9.17, 15) is 9.59 Å². The highest BCUT2D eigenvalue weighted by molar-refractivity contribution is 7.99. The monoisotopic (exact) mass is 362 g/mol. The number of allylic oxidation sites excluding steroid dienone is 2. The zero-order valence-corrected chi connectivity index (χ0v) is 14.2. The van der Waals surface area contributed by atoms with Gasteiger partial charge in [-0.1, -0.05) is 59.2 Å². The normalized spacial score (nSPS) is 12.1. The van der Waals surface area contributed by atoms with Crippen LogP contribution in [0.2, 0.25) is 0 Å². The Morgan fingerprint density at radius 1 is 0.696 bits per heavy atom. The van der Waals surface area contributed by atoms with Gasteiger partial charge < -0.3 is 0 Å². The van der Waals surface area contributed by atoms with Crippen molar-refractivity contribution < 1.29 is 9.59 Å². The first-order chi connectivity index (χ1) is 11.1. The van der Waals surface area contributed by atoms with E-state index in [1.165, 1.54) is 12.2 Å². The van der Waals surface area contributed by atoms with Gasteiger partial charge in [0.25, 0.3) is 0 Å². The summed E-state index contributed by atoms with van der Waals surface area (Å²) in [6, 6.07) is 15.2. The number of halogens is 2. The number of hydrogen-bond acceptors (Lipinski definition) is 3. The highest BCUT2D eigenvalue weighted by Crippen LogP contribution is 2.30. The summed E-state index contributed by atoms with van der Waals surface area (Å²) in [5.41, 5.74) is 1.59. The minimum atomic E-state index is 0.414. The first kappa shape index (κ1) is 17.5. The summed E-state index contributed by atoms with van der Waals surface area (Å²) < 4.78 is 0. The zero-order valence-electron chi connectivity index (χ0n) is 11.9. The van der Waals surface area contributed by atoms with Crippen LogP contribution < -0.4 is 0 Å². The standard InChI is InChI=1S/C18H12Cl2O2S/c19-17(9-11-21)13-1-5-15(6-2-13)23-16-7-3-14(4-8-16)18(20)10-12-22/h1-12H/b17-9+,18-10+. The molecule has 116 valence electrons. The SMILES string of the molecule is O=C/C=C(/Cl)c1ccc(Sc2ccc(/C(Cl)=C\C=O)cc2)cc1. The van der Waals surface area contributed by atoms with Gasteiger partial charge in [-0.05, 0) is 47.5 Å². The topological polar surface area (TPSA) is 34.1 Å². The summed E-state index contributed by atoms with van der Waals surface area (Å²) in [5, 5.41) is 0.829. The van der Waals surface area contributed by atoms with Crippen LogP contribution in [0.4, 0.5) is 0 Å². The van der Waals surface area contributed by atoms with Gasteiger partial charge >= 0.3 is 0 Å². The maximum atomic E-state index is 10.4. The molecule has 0 aliphatic rings. The van der Waals surface area contributed by atoms with E-state index in [4.69, 9.17) is 23.2 Å². The van der Waals surface area contributed by atoms with Gasteiger partial charge in [-0.3, -0.25) is 9.59 Å². The Morgan fingerprint density at radius 3 is 1.35 bits per heavy atom. The molecule has 0 atom stereocenters. The lowest BCUT2D eigenvalue weighted by Gasteiger charge is -2.05. The van der Waals surface area contributed by atoms with Crippen LogP contribution in [0.5, 0.6) is 0 Å². The largest absolute Gasteiger partial charge is 0.299 e. The van der Waals surface area contributed by atoms with E-state index in [2.05, 4.69) is 0 Å². The van der Waals surface area contributed by atoms with Crippen molar-refractivity contribution in [1.82, 2.24) is 0 Å². The van der Waals surface area contributed by atoms with Gasteiger partial charge in [0.1, 0.15) is 12.6 Å². The van der Waals surface area contributed by atoms with Crippen molar-refractivity contribution in [2.24, 2.45) is 0 Å². The third kappa shape index (κ3) is 5.10. The van der Waals surface area contributed by atoms with Crippen molar-refractivity contribution in [3.63, 3.8) is 0 Å². The van der Waals surface area contributed by atoms with E-state index in [0.717, 1.165) is 20.9 Å². The minimum absolute atomic E-state index is 0.414. The van der Waals surface area contributed by atoms with Crippen LogP contribution in [0.25, 0.3) is 10.1 Å². The Kier molecular flexibility index (Phi) is 6.66. The van der Waals surface area contributed by atoms with Crippen molar-refractivity contribution >= 4 is 57.6 Å². The number of carbonyl (C=O) groups excluding carboxylic acids is 2. The van der Waals surface area contributed by atoms with E-state index in [1.807, 2.05) is 48.5 Å². The Morgan fingerprint density at radius 2 is 1.04 bits per heavy atom. The summed E-state index contributed by atoms with van der Waals surface area (Å²) in [5.74, 6) is 0. The Labute approximate surface area is 148 Å². The maximum absolute atomic E-state index is 10.4. The molecule has 0 aromatic heterocycles. The van der Waals surface area contributed by atoms with Crippen LogP contribution in [-0.2, 0) is 9.59 Å². The predicted molar refractivity (Wildman–Crippen MR) is 96.8 cm³/mol. The Hall–Kier alpha value is -1.81. The van der Waals surface area contributed by atoms with Crippen molar-refractivity contribution in [1.29, 1.82) is 0 Å². The molecular weight excluding hydrogens is 351 g/mol. The summed E-state index contributed by atoms with van der Waals surface area (Å²) in [6.07, 6.45) is 3.96. The summed E-state index contributed by atoms with van der Waals surface area (Å²) in [7, 11) is 0. The molecule has 2 aromatic rings. The second-order valence-corrected chi connectivity index (χ2v) is 6.41. The van der Waals surface area contributed by atoms with Gasteiger partial charge in [-0.15, -0.1) is 0 Å². The fourth-order valence-corrected chi connectivity index (χ4v) is 2.98. The number of hydrogen-bond donors (Lipinski definition) is 0. The van der Waals surface area contributed by atoms with Gasteiger partial charge in [-0.25, -0.2) is 0 Å². The molecule has 2 aromatic carbocycles. The van der Waals surface area contributed by atoms with Gasteiger partial charge in [0.2, 0.25) is 0 Å². The third-order valence-electron chi connectivity index (χ3n) is 2.92. The average Bonchev–Trinajstić information content (AvgIpc) is 2.56. The Bertz CT molecular complexity index is 682. The smallest absolute Gasteiger partial charge is 0.144 e.